The Bertz CT molecular complexity index is 664. The van der Waals surface area contributed by atoms with Crippen LogP contribution in [0.4, 0.5) is 0 Å². The molecule has 0 bridgehead atoms. The molecular weight excluding hydrogens is 292 g/mol. The fraction of sp³-hybridized carbons (Fsp3) is 0.211. The van der Waals surface area contributed by atoms with Gasteiger partial charge in [0.25, 0.3) is 0 Å². The molecule has 0 saturated carbocycles. The van der Waals surface area contributed by atoms with Crippen molar-refractivity contribution in [3.8, 4) is 0 Å². The fourth-order valence-corrected chi connectivity index (χ4v) is 2.26. The second kappa shape index (κ2) is 7.61. The van der Waals surface area contributed by atoms with Gasteiger partial charge in [-0.25, -0.2) is 4.79 Å². The molecule has 1 aliphatic heterocycles. The molecule has 4 heteroatoms. The summed E-state index contributed by atoms with van der Waals surface area (Å²) in [6.45, 7) is 1.15. The van der Waals surface area contributed by atoms with Gasteiger partial charge in [-0.05, 0) is 11.1 Å². The van der Waals surface area contributed by atoms with Gasteiger partial charge < -0.3 is 14.2 Å². The summed E-state index contributed by atoms with van der Waals surface area (Å²) in [5.41, 5.74) is 2.09. The van der Waals surface area contributed by atoms with Crippen molar-refractivity contribution >= 4 is 5.97 Å². The van der Waals surface area contributed by atoms with Crippen LogP contribution in [-0.4, -0.2) is 18.7 Å². The van der Waals surface area contributed by atoms with Crippen LogP contribution in [0.15, 0.2) is 72.5 Å². The van der Waals surface area contributed by atoms with Crippen LogP contribution in [0, 0.1) is 0 Å². The van der Waals surface area contributed by atoms with Gasteiger partial charge in [-0.1, -0.05) is 60.7 Å². The molecule has 1 atom stereocenters. The Morgan fingerprint density at radius 1 is 0.870 bits per heavy atom. The first-order valence-corrected chi connectivity index (χ1v) is 7.52. The predicted octanol–water partition coefficient (Wildman–Crippen LogP) is 3.23. The van der Waals surface area contributed by atoms with Gasteiger partial charge in [0.05, 0.1) is 13.2 Å². The topological polar surface area (TPSA) is 44.8 Å². The Balaban J connectivity index is 1.46. The molecule has 23 heavy (non-hydrogen) atoms. The zero-order chi connectivity index (χ0) is 15.9. The van der Waals surface area contributed by atoms with E-state index in [1.165, 1.54) is 0 Å². The Labute approximate surface area is 135 Å². The minimum atomic E-state index is -0.436. The molecule has 2 aromatic rings. The molecule has 0 unspecified atom stereocenters. The quantitative estimate of drug-likeness (QED) is 0.737. The summed E-state index contributed by atoms with van der Waals surface area (Å²) in [6.07, 6.45) is 1.29. The summed E-state index contributed by atoms with van der Waals surface area (Å²) < 4.78 is 16.3. The van der Waals surface area contributed by atoms with E-state index >= 15 is 0 Å². The van der Waals surface area contributed by atoms with Crippen molar-refractivity contribution in [2.24, 2.45) is 0 Å². The smallest absolute Gasteiger partial charge is 0.374 e. The number of carbonyl (C=O) groups is 1. The number of esters is 1. The third-order valence-corrected chi connectivity index (χ3v) is 3.43. The predicted molar refractivity (Wildman–Crippen MR) is 85.3 cm³/mol. The SMILES string of the molecule is O=C1O[C@@H](COCc2ccccc2)C=C1OCc1ccccc1. The number of hydrogen-bond donors (Lipinski definition) is 0. The van der Waals surface area contributed by atoms with Crippen molar-refractivity contribution in [2.75, 3.05) is 6.61 Å². The van der Waals surface area contributed by atoms with Gasteiger partial charge in [-0.3, -0.25) is 0 Å². The van der Waals surface area contributed by atoms with Crippen molar-refractivity contribution in [1.82, 2.24) is 0 Å². The third-order valence-electron chi connectivity index (χ3n) is 3.43. The highest BCUT2D eigenvalue weighted by Gasteiger charge is 2.27. The molecule has 0 fully saturated rings. The summed E-state index contributed by atoms with van der Waals surface area (Å²) in [5.74, 6) is -0.184. The fourth-order valence-electron chi connectivity index (χ4n) is 2.26. The largest absolute Gasteiger partial charge is 0.482 e. The van der Waals surface area contributed by atoms with Crippen LogP contribution in [0.1, 0.15) is 11.1 Å². The van der Waals surface area contributed by atoms with E-state index in [2.05, 4.69) is 0 Å². The van der Waals surface area contributed by atoms with Gasteiger partial charge in [0, 0.05) is 6.08 Å². The Morgan fingerprint density at radius 3 is 2.13 bits per heavy atom. The molecule has 0 radical (unpaired) electrons. The second-order valence-electron chi connectivity index (χ2n) is 5.25. The number of ether oxygens (including phenoxy) is 3. The molecule has 1 heterocycles. The van der Waals surface area contributed by atoms with Crippen LogP contribution < -0.4 is 0 Å². The van der Waals surface area contributed by atoms with E-state index in [1.807, 2.05) is 60.7 Å². The molecule has 3 rings (SSSR count). The molecule has 0 aliphatic carbocycles. The zero-order valence-electron chi connectivity index (χ0n) is 12.7. The maximum atomic E-state index is 11.8. The lowest BCUT2D eigenvalue weighted by Gasteiger charge is -2.08. The number of rotatable bonds is 7. The molecular formula is C19H18O4. The molecule has 4 nitrogen and oxygen atoms in total. The first-order chi connectivity index (χ1) is 11.3. The molecule has 0 saturated heterocycles. The van der Waals surface area contributed by atoms with Crippen molar-refractivity contribution < 1.29 is 19.0 Å². The Morgan fingerprint density at radius 2 is 1.48 bits per heavy atom. The van der Waals surface area contributed by atoms with Crippen molar-refractivity contribution in [1.29, 1.82) is 0 Å². The summed E-state index contributed by atoms with van der Waals surface area (Å²) in [4.78, 5) is 11.8. The second-order valence-corrected chi connectivity index (χ2v) is 5.25. The first-order valence-electron chi connectivity index (χ1n) is 7.52. The average molecular weight is 310 g/mol. The summed E-state index contributed by atoms with van der Waals surface area (Å²) in [7, 11) is 0. The van der Waals surface area contributed by atoms with Crippen LogP contribution >= 0.6 is 0 Å². The number of benzene rings is 2. The minimum Gasteiger partial charge on any atom is -0.482 e. The summed E-state index contributed by atoms with van der Waals surface area (Å²) in [5, 5.41) is 0. The lowest BCUT2D eigenvalue weighted by atomic mass is 10.2. The van der Waals surface area contributed by atoms with Gasteiger partial charge in [0.15, 0.2) is 0 Å². The first kappa shape index (κ1) is 15.3. The van der Waals surface area contributed by atoms with E-state index in [9.17, 15) is 4.79 Å². The standard InChI is InChI=1S/C19H18O4/c20-19-18(22-13-16-9-5-2-6-10-16)11-17(23-19)14-21-12-15-7-3-1-4-8-15/h1-11,17H,12-14H2/t17-/m1/s1. The molecule has 118 valence electrons. The van der Waals surface area contributed by atoms with Crippen LogP contribution in [0.25, 0.3) is 0 Å². The van der Waals surface area contributed by atoms with Crippen LogP contribution in [0.3, 0.4) is 0 Å². The number of hydrogen-bond acceptors (Lipinski definition) is 4. The highest BCUT2D eigenvalue weighted by Crippen LogP contribution is 2.17. The highest BCUT2D eigenvalue weighted by atomic mass is 16.6. The van der Waals surface area contributed by atoms with Crippen LogP contribution in [-0.2, 0) is 32.2 Å². The Hall–Kier alpha value is -2.59. The van der Waals surface area contributed by atoms with E-state index in [1.54, 1.807) is 6.08 Å². The van der Waals surface area contributed by atoms with Crippen LogP contribution in [0.2, 0.25) is 0 Å². The number of cyclic esters (lactones) is 1. The van der Waals surface area contributed by atoms with Gasteiger partial charge >= 0.3 is 5.97 Å². The normalized spacial score (nSPS) is 16.8. The van der Waals surface area contributed by atoms with Gasteiger partial charge in [-0.15, -0.1) is 0 Å². The van der Waals surface area contributed by atoms with E-state index < -0.39 is 12.1 Å². The molecule has 0 amide bonds. The average Bonchev–Trinajstić information content (AvgIpc) is 2.95. The Kier molecular flexibility index (Phi) is 5.06. The molecule has 1 aliphatic rings. The van der Waals surface area contributed by atoms with E-state index in [4.69, 9.17) is 14.2 Å². The van der Waals surface area contributed by atoms with Gasteiger partial charge in [0.2, 0.25) is 5.76 Å². The lowest BCUT2D eigenvalue weighted by Crippen LogP contribution is -2.15. The molecule has 0 N–H and O–H groups in total. The monoisotopic (exact) mass is 310 g/mol. The molecule has 0 aromatic heterocycles. The van der Waals surface area contributed by atoms with E-state index in [0.29, 0.717) is 19.8 Å². The van der Waals surface area contributed by atoms with Crippen molar-refractivity contribution in [3.63, 3.8) is 0 Å². The van der Waals surface area contributed by atoms with Gasteiger partial charge in [0.1, 0.15) is 12.7 Å². The minimum absolute atomic E-state index is 0.252. The summed E-state index contributed by atoms with van der Waals surface area (Å²) in [6, 6.07) is 19.6. The van der Waals surface area contributed by atoms with E-state index in [0.717, 1.165) is 11.1 Å². The third kappa shape index (κ3) is 4.44. The van der Waals surface area contributed by atoms with E-state index in [-0.39, 0.29) is 5.76 Å². The summed E-state index contributed by atoms with van der Waals surface area (Å²) >= 11 is 0. The van der Waals surface area contributed by atoms with Crippen molar-refractivity contribution in [3.05, 3.63) is 83.6 Å². The van der Waals surface area contributed by atoms with Gasteiger partial charge in [-0.2, -0.15) is 0 Å². The maximum absolute atomic E-state index is 11.8. The van der Waals surface area contributed by atoms with Crippen molar-refractivity contribution in [2.45, 2.75) is 19.3 Å². The zero-order valence-corrected chi connectivity index (χ0v) is 12.7. The number of carbonyl (C=O) groups excluding carboxylic acids is 1. The molecule has 0 spiro atoms. The molecule has 2 aromatic carbocycles. The maximum Gasteiger partial charge on any atom is 0.374 e. The highest BCUT2D eigenvalue weighted by molar-refractivity contribution is 5.88. The lowest BCUT2D eigenvalue weighted by molar-refractivity contribution is -0.145. The van der Waals surface area contributed by atoms with Crippen LogP contribution in [0.5, 0.6) is 0 Å².